The summed E-state index contributed by atoms with van der Waals surface area (Å²) in [5.41, 5.74) is 0.940. The van der Waals surface area contributed by atoms with Crippen LogP contribution in [0.25, 0.3) is 10.8 Å². The highest BCUT2D eigenvalue weighted by molar-refractivity contribution is 5.87. The van der Waals surface area contributed by atoms with Gasteiger partial charge in [0.2, 0.25) is 0 Å². The van der Waals surface area contributed by atoms with E-state index in [1.807, 2.05) is 30.3 Å². The highest BCUT2D eigenvalue weighted by Gasteiger charge is 2.08. The molecule has 2 rings (SSSR count). The van der Waals surface area contributed by atoms with E-state index >= 15 is 0 Å². The number of hydrogen-bond acceptors (Lipinski definition) is 3. The minimum absolute atomic E-state index is 0.0878. The molecule has 0 saturated carbocycles. The van der Waals surface area contributed by atoms with Crippen molar-refractivity contribution in [2.24, 2.45) is 0 Å². The van der Waals surface area contributed by atoms with Crippen molar-refractivity contribution in [3.05, 3.63) is 42.0 Å². The third kappa shape index (κ3) is 10.5. The van der Waals surface area contributed by atoms with Crippen LogP contribution in [0.15, 0.2) is 36.4 Å². The number of benzene rings is 2. The van der Waals surface area contributed by atoms with Gasteiger partial charge >= 0.3 is 5.97 Å². The van der Waals surface area contributed by atoms with Gasteiger partial charge in [-0.2, -0.15) is 0 Å². The summed E-state index contributed by atoms with van der Waals surface area (Å²) in [5, 5.41) is 12.4. The number of aromatic hydroxyl groups is 1. The number of carbonyl (C=O) groups excluding carboxylic acids is 1. The molecular formula is C29H44O3. The monoisotopic (exact) mass is 440 g/mol. The van der Waals surface area contributed by atoms with Crippen LogP contribution in [0.4, 0.5) is 0 Å². The maximum atomic E-state index is 12.0. The number of carbonyl (C=O) groups is 1. The summed E-state index contributed by atoms with van der Waals surface area (Å²) in [6, 6.07) is 11.8. The molecule has 0 atom stereocenters. The van der Waals surface area contributed by atoms with Crippen molar-refractivity contribution in [2.45, 2.75) is 110 Å². The molecule has 0 fully saturated rings. The van der Waals surface area contributed by atoms with E-state index in [0.29, 0.717) is 25.2 Å². The number of hydrogen-bond donors (Lipinski definition) is 1. The number of aryl methyl sites for hydroxylation is 1. The normalized spacial score (nSPS) is 11.2. The van der Waals surface area contributed by atoms with E-state index in [4.69, 9.17) is 4.74 Å². The van der Waals surface area contributed by atoms with Gasteiger partial charge in [0.15, 0.2) is 0 Å². The van der Waals surface area contributed by atoms with E-state index in [1.165, 1.54) is 70.6 Å². The van der Waals surface area contributed by atoms with Crippen molar-refractivity contribution in [1.29, 1.82) is 0 Å². The van der Waals surface area contributed by atoms with Gasteiger partial charge in [-0.3, -0.25) is 4.79 Å². The van der Waals surface area contributed by atoms with Gasteiger partial charge < -0.3 is 9.84 Å². The second-order valence-electron chi connectivity index (χ2n) is 9.10. The van der Waals surface area contributed by atoms with Gasteiger partial charge in [0.05, 0.1) is 6.61 Å². The molecule has 3 heteroatoms. The third-order valence-electron chi connectivity index (χ3n) is 6.33. The maximum absolute atomic E-state index is 12.0. The van der Waals surface area contributed by atoms with Crippen molar-refractivity contribution in [3.8, 4) is 5.75 Å². The number of phenolic OH excluding ortho intramolecular Hbond substituents is 1. The van der Waals surface area contributed by atoms with Crippen molar-refractivity contribution < 1.29 is 14.6 Å². The molecule has 1 N–H and O–H groups in total. The molecule has 0 aliphatic rings. The molecular weight excluding hydrogens is 396 g/mol. The zero-order chi connectivity index (χ0) is 22.9. The largest absolute Gasteiger partial charge is 0.508 e. The fourth-order valence-electron chi connectivity index (χ4n) is 4.38. The van der Waals surface area contributed by atoms with Crippen LogP contribution in [0.3, 0.4) is 0 Å². The summed E-state index contributed by atoms with van der Waals surface area (Å²) in [6.07, 6.45) is 19.0. The Kier molecular flexibility index (Phi) is 13.6. The number of phenols is 1. The molecule has 0 saturated heterocycles. The molecule has 0 unspecified atom stereocenters. The average Bonchev–Trinajstić information content (AvgIpc) is 2.81. The summed E-state index contributed by atoms with van der Waals surface area (Å²) >= 11 is 0. The first-order valence-electron chi connectivity index (χ1n) is 13.1. The molecule has 0 spiro atoms. The predicted octanol–water partition coefficient (Wildman–Crippen LogP) is 8.50. The maximum Gasteiger partial charge on any atom is 0.305 e. The molecule has 0 aromatic heterocycles. The Bertz CT molecular complexity index is 768. The lowest BCUT2D eigenvalue weighted by Crippen LogP contribution is -2.06. The van der Waals surface area contributed by atoms with E-state index in [2.05, 4.69) is 6.92 Å². The smallest absolute Gasteiger partial charge is 0.305 e. The van der Waals surface area contributed by atoms with Gasteiger partial charge in [-0.25, -0.2) is 0 Å². The molecule has 0 bridgehead atoms. The van der Waals surface area contributed by atoms with Crippen LogP contribution in [-0.2, 0) is 16.0 Å². The molecule has 0 aliphatic heterocycles. The highest BCUT2D eigenvalue weighted by Crippen LogP contribution is 2.28. The first-order valence-corrected chi connectivity index (χ1v) is 13.1. The molecule has 2 aromatic carbocycles. The molecule has 0 aliphatic carbocycles. The SMILES string of the molecule is CCCCCCCCCCCCCCCC(=O)OCCCc1c(O)ccc2ccccc12. The number of rotatable bonds is 18. The van der Waals surface area contributed by atoms with Crippen LogP contribution in [-0.4, -0.2) is 17.7 Å². The zero-order valence-electron chi connectivity index (χ0n) is 20.2. The molecule has 32 heavy (non-hydrogen) atoms. The molecule has 0 heterocycles. The van der Waals surface area contributed by atoms with E-state index in [0.717, 1.165) is 35.6 Å². The third-order valence-corrected chi connectivity index (χ3v) is 6.33. The number of fused-ring (bicyclic) bond motifs is 1. The van der Waals surface area contributed by atoms with Crippen LogP contribution in [0.5, 0.6) is 5.75 Å². The van der Waals surface area contributed by atoms with Gasteiger partial charge in [-0.15, -0.1) is 0 Å². The Hall–Kier alpha value is -2.03. The van der Waals surface area contributed by atoms with E-state index < -0.39 is 0 Å². The lowest BCUT2D eigenvalue weighted by Gasteiger charge is -2.10. The standard InChI is InChI=1S/C29H44O3/c1-2-3-4-5-6-7-8-9-10-11-12-13-14-21-29(31)32-24-17-20-27-26-19-16-15-18-25(26)22-23-28(27)30/h15-16,18-19,22-23,30H,2-14,17,20-21,24H2,1H3. The molecule has 3 nitrogen and oxygen atoms in total. The van der Waals surface area contributed by atoms with E-state index in [9.17, 15) is 9.90 Å². The topological polar surface area (TPSA) is 46.5 Å². The zero-order valence-corrected chi connectivity index (χ0v) is 20.2. The average molecular weight is 441 g/mol. The Morgan fingerprint density at radius 1 is 0.750 bits per heavy atom. The molecule has 2 aromatic rings. The molecule has 0 radical (unpaired) electrons. The van der Waals surface area contributed by atoms with Crippen LogP contribution < -0.4 is 0 Å². The summed E-state index contributed by atoms with van der Waals surface area (Å²) < 4.78 is 5.40. The Balaban J connectivity index is 1.44. The lowest BCUT2D eigenvalue weighted by atomic mass is 10.00. The fourth-order valence-corrected chi connectivity index (χ4v) is 4.38. The van der Waals surface area contributed by atoms with Gasteiger partial charge in [0, 0.05) is 12.0 Å². The molecule has 0 amide bonds. The Morgan fingerprint density at radius 2 is 1.34 bits per heavy atom. The lowest BCUT2D eigenvalue weighted by molar-refractivity contribution is -0.143. The van der Waals surface area contributed by atoms with Gasteiger partial charge in [0.1, 0.15) is 5.75 Å². The van der Waals surface area contributed by atoms with Crippen LogP contribution >= 0.6 is 0 Å². The summed E-state index contributed by atoms with van der Waals surface area (Å²) in [4.78, 5) is 12.0. The van der Waals surface area contributed by atoms with Crippen molar-refractivity contribution >= 4 is 16.7 Å². The first kappa shape index (κ1) is 26.2. The van der Waals surface area contributed by atoms with Crippen molar-refractivity contribution in [1.82, 2.24) is 0 Å². The fraction of sp³-hybridized carbons (Fsp3) is 0.621. The number of unbranched alkanes of at least 4 members (excludes halogenated alkanes) is 12. The van der Waals surface area contributed by atoms with Crippen molar-refractivity contribution in [2.75, 3.05) is 6.61 Å². The van der Waals surface area contributed by atoms with Gasteiger partial charge in [-0.1, -0.05) is 114 Å². The highest BCUT2D eigenvalue weighted by atomic mass is 16.5. The van der Waals surface area contributed by atoms with Crippen LogP contribution in [0, 0.1) is 0 Å². The first-order chi connectivity index (χ1) is 15.7. The second-order valence-corrected chi connectivity index (χ2v) is 9.10. The van der Waals surface area contributed by atoms with Crippen LogP contribution in [0.2, 0.25) is 0 Å². The quantitative estimate of drug-likeness (QED) is 0.187. The predicted molar refractivity (Wildman–Crippen MR) is 135 cm³/mol. The second kappa shape index (κ2) is 16.6. The number of ether oxygens (including phenoxy) is 1. The van der Waals surface area contributed by atoms with Crippen molar-refractivity contribution in [3.63, 3.8) is 0 Å². The van der Waals surface area contributed by atoms with Gasteiger partial charge in [0.25, 0.3) is 0 Å². The Labute approximate surface area is 195 Å². The van der Waals surface area contributed by atoms with Crippen LogP contribution in [0.1, 0.15) is 109 Å². The Morgan fingerprint density at radius 3 is 2.00 bits per heavy atom. The number of esters is 1. The summed E-state index contributed by atoms with van der Waals surface area (Å²) in [6.45, 7) is 2.69. The van der Waals surface area contributed by atoms with E-state index in [1.54, 1.807) is 6.07 Å². The van der Waals surface area contributed by atoms with Gasteiger partial charge in [-0.05, 0) is 36.1 Å². The minimum Gasteiger partial charge on any atom is -0.508 e. The summed E-state index contributed by atoms with van der Waals surface area (Å²) in [7, 11) is 0. The summed E-state index contributed by atoms with van der Waals surface area (Å²) in [5.74, 6) is 0.234. The van der Waals surface area contributed by atoms with E-state index in [-0.39, 0.29) is 5.97 Å². The minimum atomic E-state index is -0.0878. The molecule has 178 valence electrons.